The number of hydrogen-bond donors (Lipinski definition) is 0. The monoisotopic (exact) mass is 758 g/mol. The van der Waals surface area contributed by atoms with Gasteiger partial charge in [0.25, 0.3) is 0 Å². The van der Waals surface area contributed by atoms with Crippen LogP contribution in [0.4, 0.5) is 0 Å². The highest BCUT2D eigenvalue weighted by Gasteiger charge is 2.25. The van der Waals surface area contributed by atoms with Gasteiger partial charge in [0.1, 0.15) is 13.2 Å². The van der Waals surface area contributed by atoms with Crippen molar-refractivity contribution in [3.63, 3.8) is 0 Å². The van der Waals surface area contributed by atoms with E-state index in [2.05, 4.69) is 4.99 Å². The summed E-state index contributed by atoms with van der Waals surface area (Å²) in [4.78, 5) is 36.1. The SMILES string of the molecule is CCOC(=O)C(Cc1cccc(OCCCOC(=O)CN=C(c2ccccc2)c2ccccc2)c1OCc1ccccc1)N=C(c1ccccc1)c1ccccc1. The number of nitrogens with zero attached hydrogens (tertiary/aromatic N) is 2. The first-order chi connectivity index (χ1) is 28.1. The number of esters is 2. The van der Waals surface area contributed by atoms with Crippen LogP contribution in [0.25, 0.3) is 0 Å². The lowest BCUT2D eigenvalue weighted by molar-refractivity contribution is -0.144. The van der Waals surface area contributed by atoms with Gasteiger partial charge in [0.2, 0.25) is 0 Å². The van der Waals surface area contributed by atoms with Gasteiger partial charge < -0.3 is 18.9 Å². The molecule has 0 heterocycles. The predicted octanol–water partition coefficient (Wildman–Crippen LogP) is 9.13. The van der Waals surface area contributed by atoms with Crippen LogP contribution < -0.4 is 9.47 Å². The second kappa shape index (κ2) is 21.3. The van der Waals surface area contributed by atoms with Gasteiger partial charge in [-0.15, -0.1) is 0 Å². The van der Waals surface area contributed by atoms with Crippen LogP contribution >= 0.6 is 0 Å². The number of benzene rings is 6. The largest absolute Gasteiger partial charge is 0.490 e. The van der Waals surface area contributed by atoms with E-state index in [1.807, 2.05) is 170 Å². The fourth-order valence-corrected chi connectivity index (χ4v) is 6.18. The number of para-hydroxylation sites is 1. The Hall–Kier alpha value is -6.80. The van der Waals surface area contributed by atoms with Gasteiger partial charge in [0.15, 0.2) is 17.5 Å². The first kappa shape index (κ1) is 39.9. The minimum Gasteiger partial charge on any atom is -0.490 e. The van der Waals surface area contributed by atoms with Crippen molar-refractivity contribution >= 4 is 23.4 Å². The highest BCUT2D eigenvalue weighted by atomic mass is 16.5. The van der Waals surface area contributed by atoms with Crippen molar-refractivity contribution in [3.05, 3.63) is 203 Å². The fraction of sp³-hybridized carbons (Fsp3) is 0.184. The smallest absolute Gasteiger partial charge is 0.331 e. The molecule has 0 aliphatic heterocycles. The molecule has 6 aromatic carbocycles. The van der Waals surface area contributed by atoms with Gasteiger partial charge in [-0.1, -0.05) is 164 Å². The van der Waals surface area contributed by atoms with Crippen LogP contribution in [0.3, 0.4) is 0 Å². The van der Waals surface area contributed by atoms with E-state index in [9.17, 15) is 9.59 Å². The normalized spacial score (nSPS) is 11.1. The number of aliphatic imine (C=N–C) groups is 2. The van der Waals surface area contributed by atoms with Gasteiger partial charge in [-0.25, -0.2) is 4.79 Å². The van der Waals surface area contributed by atoms with Crippen LogP contribution in [0.5, 0.6) is 11.5 Å². The van der Waals surface area contributed by atoms with Crippen LogP contribution in [0, 0.1) is 0 Å². The Morgan fingerprint density at radius 3 is 1.63 bits per heavy atom. The molecule has 0 radical (unpaired) electrons. The number of ether oxygens (including phenoxy) is 4. The standard InChI is InChI=1S/C49H46N2O6/c1-2-54-49(53)43(51-47(40-26-14-6-15-27-40)41-28-16-7-17-29-41)34-42-30-18-31-44(48(42)57-36-37-20-8-3-9-21-37)55-32-19-33-56-45(52)35-50-46(38-22-10-4-11-23-38)39-24-12-5-13-25-39/h3-18,20-31,43H,2,19,32-36H2,1H3. The molecular weight excluding hydrogens is 713 g/mol. The van der Waals surface area contributed by atoms with Gasteiger partial charge >= 0.3 is 11.9 Å². The van der Waals surface area contributed by atoms with E-state index in [1.165, 1.54) is 0 Å². The molecule has 0 spiro atoms. The first-order valence-corrected chi connectivity index (χ1v) is 19.2. The Balaban J connectivity index is 1.17. The Kier molecular flexibility index (Phi) is 14.9. The molecule has 0 aliphatic rings. The number of carbonyl (C=O) groups is 2. The molecule has 0 amide bonds. The summed E-state index contributed by atoms with van der Waals surface area (Å²) in [7, 11) is 0. The predicted molar refractivity (Wildman–Crippen MR) is 224 cm³/mol. The van der Waals surface area contributed by atoms with Crippen molar-refractivity contribution in [1.29, 1.82) is 0 Å². The summed E-state index contributed by atoms with van der Waals surface area (Å²) in [5.41, 5.74) is 6.74. The van der Waals surface area contributed by atoms with E-state index < -0.39 is 18.0 Å². The second-order valence-corrected chi connectivity index (χ2v) is 13.0. The molecule has 0 saturated carbocycles. The lowest BCUT2D eigenvalue weighted by atomic mass is 10.00. The highest BCUT2D eigenvalue weighted by Crippen LogP contribution is 2.34. The zero-order valence-corrected chi connectivity index (χ0v) is 32.0. The lowest BCUT2D eigenvalue weighted by Gasteiger charge is -2.20. The minimum absolute atomic E-state index is 0.111. The molecule has 8 heteroatoms. The molecule has 288 valence electrons. The van der Waals surface area contributed by atoms with E-state index in [0.29, 0.717) is 23.6 Å². The Morgan fingerprint density at radius 2 is 1.09 bits per heavy atom. The molecule has 0 aromatic heterocycles. The van der Waals surface area contributed by atoms with Crippen LogP contribution in [0.2, 0.25) is 0 Å². The van der Waals surface area contributed by atoms with Gasteiger partial charge in [-0.3, -0.25) is 14.8 Å². The van der Waals surface area contributed by atoms with E-state index in [0.717, 1.165) is 39.1 Å². The Bertz CT molecular complexity index is 2130. The summed E-state index contributed by atoms with van der Waals surface area (Å²) < 4.78 is 23.9. The van der Waals surface area contributed by atoms with Crippen molar-refractivity contribution in [2.45, 2.75) is 32.4 Å². The van der Waals surface area contributed by atoms with Crippen molar-refractivity contribution < 1.29 is 28.5 Å². The lowest BCUT2D eigenvalue weighted by Crippen LogP contribution is -2.26. The fourth-order valence-electron chi connectivity index (χ4n) is 6.18. The topological polar surface area (TPSA) is 95.8 Å². The van der Waals surface area contributed by atoms with Crippen LogP contribution in [0.1, 0.15) is 46.7 Å². The molecule has 57 heavy (non-hydrogen) atoms. The summed E-state index contributed by atoms with van der Waals surface area (Å²) in [5, 5.41) is 0. The summed E-state index contributed by atoms with van der Waals surface area (Å²) in [6.45, 7) is 2.59. The van der Waals surface area contributed by atoms with Crippen molar-refractivity contribution in [2.24, 2.45) is 9.98 Å². The zero-order valence-electron chi connectivity index (χ0n) is 32.0. The van der Waals surface area contributed by atoms with Crippen molar-refractivity contribution in [2.75, 3.05) is 26.4 Å². The summed E-state index contributed by atoms with van der Waals surface area (Å²) >= 11 is 0. The van der Waals surface area contributed by atoms with Gasteiger partial charge in [0, 0.05) is 40.7 Å². The molecule has 0 N–H and O–H groups in total. The van der Waals surface area contributed by atoms with Crippen molar-refractivity contribution in [1.82, 2.24) is 0 Å². The van der Waals surface area contributed by atoms with E-state index in [-0.39, 0.29) is 39.4 Å². The maximum absolute atomic E-state index is 13.6. The average Bonchev–Trinajstić information content (AvgIpc) is 3.26. The van der Waals surface area contributed by atoms with Crippen LogP contribution in [-0.4, -0.2) is 55.8 Å². The summed E-state index contributed by atoms with van der Waals surface area (Å²) in [5.74, 6) is 0.150. The van der Waals surface area contributed by atoms with E-state index in [1.54, 1.807) is 6.92 Å². The number of carbonyl (C=O) groups excluding carboxylic acids is 2. The number of rotatable bonds is 19. The molecule has 0 saturated heterocycles. The molecule has 0 fully saturated rings. The molecule has 1 atom stereocenters. The molecule has 6 aromatic rings. The summed E-state index contributed by atoms with van der Waals surface area (Å²) in [6, 6.07) is 53.8. The van der Waals surface area contributed by atoms with Gasteiger partial charge in [-0.2, -0.15) is 0 Å². The van der Waals surface area contributed by atoms with Crippen LogP contribution in [0.15, 0.2) is 180 Å². The van der Waals surface area contributed by atoms with E-state index in [4.69, 9.17) is 23.9 Å². The molecule has 1 unspecified atom stereocenters. The molecule has 0 aliphatic carbocycles. The third kappa shape index (κ3) is 11.8. The highest BCUT2D eigenvalue weighted by molar-refractivity contribution is 6.14. The summed E-state index contributed by atoms with van der Waals surface area (Å²) in [6.07, 6.45) is 0.644. The minimum atomic E-state index is -0.874. The molecule has 8 nitrogen and oxygen atoms in total. The third-order valence-corrected chi connectivity index (χ3v) is 8.91. The van der Waals surface area contributed by atoms with Gasteiger partial charge in [0.05, 0.1) is 31.2 Å². The van der Waals surface area contributed by atoms with Gasteiger partial charge in [-0.05, 0) is 18.6 Å². The van der Waals surface area contributed by atoms with Crippen molar-refractivity contribution in [3.8, 4) is 11.5 Å². The maximum Gasteiger partial charge on any atom is 0.331 e. The maximum atomic E-state index is 13.6. The van der Waals surface area contributed by atoms with E-state index >= 15 is 0 Å². The van der Waals surface area contributed by atoms with Crippen LogP contribution in [-0.2, 0) is 32.1 Å². The third-order valence-electron chi connectivity index (χ3n) is 8.91. The molecular formula is C49H46N2O6. The second-order valence-electron chi connectivity index (χ2n) is 13.0. The quantitative estimate of drug-likeness (QED) is 0.0465. The zero-order chi connectivity index (χ0) is 39.5. The molecule has 6 rings (SSSR count). The molecule has 0 bridgehead atoms. The first-order valence-electron chi connectivity index (χ1n) is 19.2. The Morgan fingerprint density at radius 1 is 0.561 bits per heavy atom. The number of hydrogen-bond acceptors (Lipinski definition) is 8. The average molecular weight is 759 g/mol. The Labute approximate surface area is 334 Å².